The third-order valence-electron chi connectivity index (χ3n) is 14.1. The first kappa shape index (κ1) is 65.3. The number of hydrogen-bond donors (Lipinski definition) is 6. The highest BCUT2D eigenvalue weighted by atomic mass is 32.1. The van der Waals surface area contributed by atoms with Gasteiger partial charge in [-0.25, -0.2) is 10.4 Å². The van der Waals surface area contributed by atoms with Gasteiger partial charge in [-0.1, -0.05) is 57.2 Å². The number of aliphatic hydroxyl groups excluding tert-OH is 1. The van der Waals surface area contributed by atoms with E-state index in [1.807, 2.05) is 125 Å². The SMILES string of the molecule is Cc1ncsc1-c1ccc([C@H](C)NC(=O)[C@@H]2C[C@@H](O)CN2C(=O)[C@@H](NC(=O)COCCOCCOCCOCCOCCOCCOc2ccc(/C=N/NC(=O)c3cccc(-c4c(-c5ccc(O)cc5)sc5cc(O)ccc45)c3)cc2)C(C)(C)C)cc1. The Kier molecular flexibility index (Phi) is 24.3. The summed E-state index contributed by atoms with van der Waals surface area (Å²) in [4.78, 5) is 61.6. The molecule has 1 saturated heterocycles. The number of carbonyl (C=O) groups is 4. The van der Waals surface area contributed by atoms with Gasteiger partial charge in [0.25, 0.3) is 5.91 Å². The van der Waals surface area contributed by atoms with Crippen LogP contribution in [0.3, 0.4) is 0 Å². The second kappa shape index (κ2) is 32.4. The summed E-state index contributed by atoms with van der Waals surface area (Å²) in [5.41, 5.74) is 10.4. The maximum absolute atomic E-state index is 14.0. The number of aromatic hydroxyl groups is 2. The van der Waals surface area contributed by atoms with E-state index in [-0.39, 0.29) is 62.1 Å². The molecule has 7 aromatic rings. The summed E-state index contributed by atoms with van der Waals surface area (Å²) in [5, 5.41) is 41.6. The average Bonchev–Trinajstić information content (AvgIpc) is 1.76. The first-order valence-corrected chi connectivity index (χ1v) is 30.5. The molecule has 4 atom stereocenters. The molecular weight excluding hydrogens is 1150 g/mol. The molecule has 0 bridgehead atoms. The molecule has 3 heterocycles. The number of nitrogens with one attached hydrogen (secondary N) is 3. The van der Waals surface area contributed by atoms with Gasteiger partial charge >= 0.3 is 0 Å². The second-order valence-corrected chi connectivity index (χ2v) is 23.6. The van der Waals surface area contributed by atoms with Crippen LogP contribution in [0.5, 0.6) is 17.2 Å². The number of thiophene rings is 1. The molecule has 2 aromatic heterocycles. The molecule has 22 heteroatoms. The minimum atomic E-state index is -0.982. The van der Waals surface area contributed by atoms with E-state index in [0.29, 0.717) is 77.4 Å². The third kappa shape index (κ3) is 19.2. The standard InChI is InChI=1S/C65H76N6O14S2/c1-42(45-11-13-46(14-12-45)59-43(2)66-41-86-59)68-63(77)55-36-52(74)39-71(55)64(78)61(65(3,4)5)69-57(75)40-84-32-31-82-28-27-80-24-23-79-25-26-81-29-30-83-33-34-85-53-20-9-44(10-21-53)38-67-70-62(76)49-8-6-7-48(35-49)58-54-22-19-51(73)37-56(54)87-60(58)47-15-17-50(72)18-16-47/h6-22,35,37-38,41-42,52,55,61,72-74H,23-34,36,39-40H2,1-5H3,(H,68,77)(H,69,75)(H,70,76)/b67-38+/t42-,52+,55-,61+/m0/s1. The predicted molar refractivity (Wildman–Crippen MR) is 334 cm³/mol. The maximum Gasteiger partial charge on any atom is 0.271 e. The molecule has 0 spiro atoms. The molecular formula is C65H76N6O14S2. The Labute approximate surface area is 514 Å². The lowest BCUT2D eigenvalue weighted by Crippen LogP contribution is -2.58. The topological polar surface area (TPSA) is 258 Å². The number of hydrogen-bond acceptors (Lipinski definition) is 18. The number of phenolic OH excluding ortho intramolecular Hbond substituents is 2. The number of fused-ring (bicyclic) bond motifs is 1. The normalized spacial score (nSPS) is 15.0. The lowest BCUT2D eigenvalue weighted by molar-refractivity contribution is -0.144. The van der Waals surface area contributed by atoms with Gasteiger partial charge in [0.1, 0.15) is 42.5 Å². The van der Waals surface area contributed by atoms with E-state index in [2.05, 4.69) is 26.1 Å². The van der Waals surface area contributed by atoms with Gasteiger partial charge in [-0.3, -0.25) is 19.2 Å². The van der Waals surface area contributed by atoms with Crippen molar-refractivity contribution in [3.05, 3.63) is 143 Å². The molecule has 87 heavy (non-hydrogen) atoms. The van der Waals surface area contributed by atoms with Gasteiger partial charge in [0.05, 0.1) is 107 Å². The molecule has 8 rings (SSSR count). The molecule has 4 amide bonds. The van der Waals surface area contributed by atoms with Crippen LogP contribution in [0, 0.1) is 12.3 Å². The highest BCUT2D eigenvalue weighted by Gasteiger charge is 2.45. The third-order valence-corrected chi connectivity index (χ3v) is 16.3. The molecule has 20 nitrogen and oxygen atoms in total. The number of carbonyl (C=O) groups excluding carboxylic acids is 4. The largest absolute Gasteiger partial charge is 0.508 e. The van der Waals surface area contributed by atoms with Crippen LogP contribution in [0.15, 0.2) is 126 Å². The molecule has 5 aromatic carbocycles. The summed E-state index contributed by atoms with van der Waals surface area (Å²) in [6.07, 6.45) is 0.745. The van der Waals surface area contributed by atoms with E-state index < -0.39 is 35.4 Å². The fourth-order valence-corrected chi connectivity index (χ4v) is 11.7. The molecule has 1 fully saturated rings. The van der Waals surface area contributed by atoms with Crippen LogP contribution < -0.4 is 20.8 Å². The van der Waals surface area contributed by atoms with Crippen molar-refractivity contribution in [1.82, 2.24) is 25.9 Å². The lowest BCUT2D eigenvalue weighted by Gasteiger charge is -2.35. The van der Waals surface area contributed by atoms with Gasteiger partial charge in [-0.15, -0.1) is 22.7 Å². The summed E-state index contributed by atoms with van der Waals surface area (Å²) in [6, 6.07) is 32.4. The number of aliphatic hydroxyl groups is 1. The summed E-state index contributed by atoms with van der Waals surface area (Å²) < 4.78 is 40.1. The number of amides is 4. The molecule has 1 aliphatic heterocycles. The Bertz CT molecular complexity index is 3390. The summed E-state index contributed by atoms with van der Waals surface area (Å²) in [5.74, 6) is -0.720. The Morgan fingerprint density at radius 1 is 0.713 bits per heavy atom. The van der Waals surface area contributed by atoms with Crippen molar-refractivity contribution in [2.24, 2.45) is 10.5 Å². The van der Waals surface area contributed by atoms with Crippen molar-refractivity contribution in [2.75, 3.05) is 92.4 Å². The van der Waals surface area contributed by atoms with Crippen LogP contribution in [0.4, 0.5) is 0 Å². The van der Waals surface area contributed by atoms with Gasteiger partial charge in [0, 0.05) is 39.1 Å². The number of ether oxygens (including phenoxy) is 7. The smallest absolute Gasteiger partial charge is 0.271 e. The van der Waals surface area contributed by atoms with Crippen molar-refractivity contribution in [3.63, 3.8) is 0 Å². The minimum absolute atomic E-state index is 0.0304. The lowest BCUT2D eigenvalue weighted by atomic mass is 9.85. The van der Waals surface area contributed by atoms with E-state index in [9.17, 15) is 34.5 Å². The number of aromatic nitrogens is 1. The molecule has 0 saturated carbocycles. The Morgan fingerprint density at radius 3 is 1.93 bits per heavy atom. The Morgan fingerprint density at radius 2 is 1.31 bits per heavy atom. The Balaban J connectivity index is 0.612. The zero-order valence-corrected chi connectivity index (χ0v) is 51.2. The van der Waals surface area contributed by atoms with Crippen molar-refractivity contribution in [3.8, 4) is 49.3 Å². The number of nitrogens with zero attached hydrogens (tertiary/aromatic N) is 3. The number of phenols is 2. The number of rotatable bonds is 32. The van der Waals surface area contributed by atoms with E-state index in [1.54, 1.807) is 47.9 Å². The summed E-state index contributed by atoms with van der Waals surface area (Å²) in [7, 11) is 0. The maximum atomic E-state index is 14.0. The van der Waals surface area contributed by atoms with Crippen molar-refractivity contribution in [1.29, 1.82) is 0 Å². The minimum Gasteiger partial charge on any atom is -0.508 e. The van der Waals surface area contributed by atoms with Crippen LogP contribution in [0.1, 0.15) is 67.3 Å². The summed E-state index contributed by atoms with van der Waals surface area (Å²) >= 11 is 3.09. The predicted octanol–water partition coefficient (Wildman–Crippen LogP) is 8.69. The van der Waals surface area contributed by atoms with Crippen LogP contribution in [-0.4, -0.2) is 166 Å². The monoisotopic (exact) mass is 1230 g/mol. The van der Waals surface area contributed by atoms with Crippen molar-refractivity contribution in [2.45, 2.75) is 65.3 Å². The zero-order chi connectivity index (χ0) is 61.7. The number of β-amino-alcohol motifs (C(OH)–C–C–N with tert-alkyl or cyclic N) is 1. The summed E-state index contributed by atoms with van der Waals surface area (Å²) in [6.45, 7) is 13.1. The van der Waals surface area contributed by atoms with Crippen LogP contribution >= 0.6 is 22.7 Å². The van der Waals surface area contributed by atoms with E-state index in [4.69, 9.17) is 33.2 Å². The number of benzene rings is 5. The highest BCUT2D eigenvalue weighted by Crippen LogP contribution is 2.46. The molecule has 0 aliphatic carbocycles. The zero-order valence-electron chi connectivity index (χ0n) is 49.5. The number of aryl methyl sites for hydroxylation is 1. The van der Waals surface area contributed by atoms with Crippen LogP contribution in [0.25, 0.3) is 42.1 Å². The van der Waals surface area contributed by atoms with Gasteiger partial charge in [-0.05, 0) is 126 Å². The van der Waals surface area contributed by atoms with Crippen molar-refractivity contribution < 1.29 is 67.7 Å². The molecule has 6 N–H and O–H groups in total. The van der Waals surface area contributed by atoms with Crippen LogP contribution in [-0.2, 0) is 42.8 Å². The molecule has 0 radical (unpaired) electrons. The fraction of sp³-hybridized carbons (Fsp3) is 0.385. The van der Waals surface area contributed by atoms with E-state index >= 15 is 0 Å². The second-order valence-electron chi connectivity index (χ2n) is 21.7. The van der Waals surface area contributed by atoms with Gasteiger partial charge in [-0.2, -0.15) is 5.10 Å². The Hall–Kier alpha value is -7.64. The fourth-order valence-electron chi connectivity index (χ4n) is 9.58. The molecule has 462 valence electrons. The molecule has 0 unspecified atom stereocenters. The van der Waals surface area contributed by atoms with E-state index in [0.717, 1.165) is 58.9 Å². The number of hydrazone groups is 1. The first-order chi connectivity index (χ1) is 42.0. The van der Waals surface area contributed by atoms with Gasteiger partial charge < -0.3 is 64.0 Å². The molecule has 1 aliphatic rings. The quantitative estimate of drug-likeness (QED) is 0.0131. The van der Waals surface area contributed by atoms with Gasteiger partial charge in [0.2, 0.25) is 17.7 Å². The van der Waals surface area contributed by atoms with Crippen LogP contribution in [0.2, 0.25) is 0 Å². The van der Waals surface area contributed by atoms with E-state index in [1.165, 1.54) is 16.2 Å². The number of likely N-dealkylation sites (tertiary alicyclic amines) is 1. The number of thiazole rings is 1. The highest BCUT2D eigenvalue weighted by molar-refractivity contribution is 7.23. The van der Waals surface area contributed by atoms with Crippen molar-refractivity contribution >= 4 is 62.6 Å². The average molecular weight is 1230 g/mol. The van der Waals surface area contributed by atoms with Gasteiger partial charge in [0.15, 0.2) is 0 Å². The first-order valence-electron chi connectivity index (χ1n) is 28.8.